The molecule has 2 fully saturated rings. The number of carbonyl (C=O) groups excluding carboxylic acids is 1. The van der Waals surface area contributed by atoms with Crippen molar-refractivity contribution in [2.75, 3.05) is 32.8 Å². The molecule has 2 aliphatic carbocycles. The Labute approximate surface area is 150 Å². The molecule has 1 heterocycles. The maximum atomic E-state index is 12.8. The molecule has 0 spiro atoms. The fourth-order valence-corrected chi connectivity index (χ4v) is 5.10. The summed E-state index contributed by atoms with van der Waals surface area (Å²) in [5.41, 5.74) is 3.86. The van der Waals surface area contributed by atoms with Crippen LogP contribution < -0.4 is 10.2 Å². The zero-order valence-corrected chi connectivity index (χ0v) is 15.2. The van der Waals surface area contributed by atoms with Gasteiger partial charge >= 0.3 is 0 Å². The second-order valence-electron chi connectivity index (χ2n) is 8.08. The number of rotatable bonds is 4. The molecule has 1 aromatic carbocycles. The lowest BCUT2D eigenvalue weighted by molar-refractivity contribution is -0.960. The van der Waals surface area contributed by atoms with Gasteiger partial charge in [-0.2, -0.15) is 0 Å². The summed E-state index contributed by atoms with van der Waals surface area (Å²) < 4.78 is 5.56. The number of amides is 1. The predicted molar refractivity (Wildman–Crippen MR) is 98.1 cm³/mol. The Morgan fingerprint density at radius 2 is 1.80 bits per heavy atom. The van der Waals surface area contributed by atoms with Gasteiger partial charge in [-0.05, 0) is 55.4 Å². The second-order valence-corrected chi connectivity index (χ2v) is 8.08. The summed E-state index contributed by atoms with van der Waals surface area (Å²) in [5.74, 6) is 0.104. The van der Waals surface area contributed by atoms with Crippen molar-refractivity contribution in [2.45, 2.75) is 56.9 Å². The number of hydrogen-bond donors (Lipinski definition) is 2. The second kappa shape index (κ2) is 7.46. The summed E-state index contributed by atoms with van der Waals surface area (Å²) >= 11 is 0. The third-order valence-electron chi connectivity index (χ3n) is 6.61. The fraction of sp³-hybridized carbons (Fsp3) is 0.667. The molecule has 0 aromatic heterocycles. The Morgan fingerprint density at radius 1 is 1.04 bits per heavy atom. The summed E-state index contributed by atoms with van der Waals surface area (Å²) in [7, 11) is 0. The summed E-state index contributed by atoms with van der Waals surface area (Å²) in [4.78, 5) is 14.4. The lowest BCUT2D eigenvalue weighted by atomic mass is 9.79. The van der Waals surface area contributed by atoms with Crippen molar-refractivity contribution >= 4 is 5.91 Å². The van der Waals surface area contributed by atoms with Crippen LogP contribution in [0.25, 0.3) is 0 Å². The highest BCUT2D eigenvalue weighted by Gasteiger charge is 2.42. The van der Waals surface area contributed by atoms with E-state index in [1.807, 2.05) is 6.07 Å². The third-order valence-corrected chi connectivity index (χ3v) is 6.61. The Kier molecular flexibility index (Phi) is 5.09. The first-order valence-corrected chi connectivity index (χ1v) is 10.1. The normalized spacial score (nSPS) is 23.2. The number of aryl methyl sites for hydroxylation is 2. The van der Waals surface area contributed by atoms with Gasteiger partial charge in [0.05, 0.1) is 19.8 Å². The molecule has 1 aromatic rings. The molecule has 1 saturated carbocycles. The molecule has 0 bridgehead atoms. The zero-order valence-electron chi connectivity index (χ0n) is 15.2. The first kappa shape index (κ1) is 17.0. The van der Waals surface area contributed by atoms with Gasteiger partial charge in [-0.25, -0.2) is 0 Å². The van der Waals surface area contributed by atoms with Crippen molar-refractivity contribution < 1.29 is 14.4 Å². The molecule has 25 heavy (non-hydrogen) atoms. The van der Waals surface area contributed by atoms with Gasteiger partial charge in [0.25, 0.3) is 5.91 Å². The van der Waals surface area contributed by atoms with E-state index < -0.39 is 0 Å². The minimum atomic E-state index is 0.104. The highest BCUT2D eigenvalue weighted by Crippen LogP contribution is 2.26. The highest BCUT2D eigenvalue weighted by molar-refractivity contribution is 5.94. The van der Waals surface area contributed by atoms with E-state index in [1.165, 1.54) is 56.1 Å². The van der Waals surface area contributed by atoms with Crippen molar-refractivity contribution in [3.05, 3.63) is 34.9 Å². The van der Waals surface area contributed by atoms with Crippen LogP contribution in [0.1, 0.15) is 60.0 Å². The smallest absolute Gasteiger partial charge is 0.251 e. The molecule has 3 aliphatic rings. The molecule has 4 rings (SSSR count). The largest absolute Gasteiger partial charge is 0.370 e. The van der Waals surface area contributed by atoms with Crippen LogP contribution in [-0.2, 0) is 17.6 Å². The maximum Gasteiger partial charge on any atom is 0.251 e. The molecular weight excluding hydrogens is 312 g/mol. The van der Waals surface area contributed by atoms with E-state index in [9.17, 15) is 4.79 Å². The Morgan fingerprint density at radius 3 is 2.60 bits per heavy atom. The first-order chi connectivity index (χ1) is 12.3. The van der Waals surface area contributed by atoms with Gasteiger partial charge in [0.2, 0.25) is 0 Å². The number of ether oxygens (including phenoxy) is 1. The van der Waals surface area contributed by atoms with Gasteiger partial charge in [-0.3, -0.25) is 4.79 Å². The van der Waals surface area contributed by atoms with E-state index in [0.29, 0.717) is 0 Å². The van der Waals surface area contributed by atoms with Crippen molar-refractivity contribution in [3.8, 4) is 0 Å². The fourth-order valence-electron chi connectivity index (χ4n) is 5.10. The molecule has 0 radical (unpaired) electrons. The summed E-state index contributed by atoms with van der Waals surface area (Å²) in [6, 6.07) is 6.28. The monoisotopic (exact) mass is 343 g/mol. The number of nitrogens with one attached hydrogen (secondary N) is 2. The SMILES string of the molecule is O=C(NCC1([NH+]2CCOCC2)CCCCC1)c1ccc2c(c1)CCC2. The lowest BCUT2D eigenvalue weighted by Crippen LogP contribution is -3.23. The Balaban J connectivity index is 1.44. The number of carbonyl (C=O) groups is 1. The number of fused-ring (bicyclic) bond motifs is 1. The first-order valence-electron chi connectivity index (χ1n) is 10.1. The lowest BCUT2D eigenvalue weighted by Gasteiger charge is -2.45. The third kappa shape index (κ3) is 3.61. The minimum absolute atomic E-state index is 0.104. The molecule has 4 heteroatoms. The summed E-state index contributed by atoms with van der Waals surface area (Å²) in [6.45, 7) is 4.67. The van der Waals surface area contributed by atoms with Gasteiger partial charge < -0.3 is 15.0 Å². The van der Waals surface area contributed by atoms with E-state index in [2.05, 4.69) is 17.4 Å². The number of morpholine rings is 1. The van der Waals surface area contributed by atoms with Crippen LogP contribution >= 0.6 is 0 Å². The summed E-state index contributed by atoms with van der Waals surface area (Å²) in [5, 5.41) is 3.30. The van der Waals surface area contributed by atoms with Crippen LogP contribution in [0.15, 0.2) is 18.2 Å². The molecule has 136 valence electrons. The molecule has 1 aliphatic heterocycles. The Bertz CT molecular complexity index is 616. The van der Waals surface area contributed by atoms with Crippen LogP contribution in [0, 0.1) is 0 Å². The molecule has 1 amide bonds. The zero-order chi connectivity index (χ0) is 17.1. The van der Waals surface area contributed by atoms with Gasteiger partial charge in [0.1, 0.15) is 18.6 Å². The van der Waals surface area contributed by atoms with Crippen LogP contribution in [0.3, 0.4) is 0 Å². The van der Waals surface area contributed by atoms with Crippen LogP contribution in [0.2, 0.25) is 0 Å². The standard InChI is InChI=1S/C21H30N2O2/c24-20(19-8-7-17-5-4-6-18(17)15-19)22-16-21(9-2-1-3-10-21)23-11-13-25-14-12-23/h7-8,15H,1-6,9-14,16H2,(H,22,24)/p+1. The minimum Gasteiger partial charge on any atom is -0.370 e. The maximum absolute atomic E-state index is 12.8. The molecular formula is C21H31N2O2+. The van der Waals surface area contributed by atoms with Crippen LogP contribution in [-0.4, -0.2) is 44.3 Å². The van der Waals surface area contributed by atoms with Crippen molar-refractivity contribution in [1.29, 1.82) is 0 Å². The van der Waals surface area contributed by atoms with Gasteiger partial charge in [-0.1, -0.05) is 12.5 Å². The average molecular weight is 343 g/mol. The number of hydrogen-bond acceptors (Lipinski definition) is 2. The van der Waals surface area contributed by atoms with E-state index in [-0.39, 0.29) is 11.4 Å². The number of benzene rings is 1. The van der Waals surface area contributed by atoms with Gasteiger partial charge in [0.15, 0.2) is 0 Å². The van der Waals surface area contributed by atoms with Gasteiger partial charge in [-0.15, -0.1) is 0 Å². The molecule has 1 saturated heterocycles. The van der Waals surface area contributed by atoms with E-state index in [0.717, 1.165) is 44.8 Å². The quantitative estimate of drug-likeness (QED) is 0.871. The predicted octanol–water partition coefficient (Wildman–Crippen LogP) is 1.52. The Hall–Kier alpha value is -1.39. The molecule has 4 nitrogen and oxygen atoms in total. The molecule has 0 atom stereocenters. The van der Waals surface area contributed by atoms with Crippen LogP contribution in [0.4, 0.5) is 0 Å². The topological polar surface area (TPSA) is 42.8 Å². The average Bonchev–Trinajstić information content (AvgIpc) is 3.15. The molecule has 2 N–H and O–H groups in total. The van der Waals surface area contributed by atoms with E-state index in [1.54, 1.807) is 4.90 Å². The highest BCUT2D eigenvalue weighted by atomic mass is 16.5. The number of quaternary nitrogens is 1. The van der Waals surface area contributed by atoms with Gasteiger partial charge in [0, 0.05) is 18.4 Å². The van der Waals surface area contributed by atoms with E-state index >= 15 is 0 Å². The van der Waals surface area contributed by atoms with Crippen molar-refractivity contribution in [1.82, 2.24) is 5.32 Å². The van der Waals surface area contributed by atoms with E-state index in [4.69, 9.17) is 4.74 Å². The summed E-state index contributed by atoms with van der Waals surface area (Å²) in [6.07, 6.45) is 9.89. The van der Waals surface area contributed by atoms with Crippen LogP contribution in [0.5, 0.6) is 0 Å². The van der Waals surface area contributed by atoms with Crippen molar-refractivity contribution in [2.24, 2.45) is 0 Å². The van der Waals surface area contributed by atoms with Crippen molar-refractivity contribution in [3.63, 3.8) is 0 Å². The molecule has 0 unspecified atom stereocenters.